The van der Waals surface area contributed by atoms with Crippen molar-refractivity contribution in [1.29, 1.82) is 0 Å². The largest absolute Gasteiger partial charge is 0.457 e. The maximum absolute atomic E-state index is 13.0. The van der Waals surface area contributed by atoms with Crippen molar-refractivity contribution in [3.8, 4) is 0 Å². The number of hydrogen-bond acceptors (Lipinski definition) is 4. The summed E-state index contributed by atoms with van der Waals surface area (Å²) in [6.07, 6.45) is 0. The van der Waals surface area contributed by atoms with Gasteiger partial charge >= 0.3 is 5.97 Å². The second kappa shape index (κ2) is 9.27. The molecule has 0 saturated heterocycles. The van der Waals surface area contributed by atoms with Gasteiger partial charge in [-0.25, -0.2) is 13.2 Å². The Balaban J connectivity index is 1.87. The quantitative estimate of drug-likeness (QED) is 0.413. The highest BCUT2D eigenvalue weighted by atomic mass is 35.5. The molecule has 0 N–H and O–H groups in total. The van der Waals surface area contributed by atoms with Gasteiger partial charge in [0.05, 0.1) is 21.2 Å². The van der Waals surface area contributed by atoms with Crippen LogP contribution in [0.3, 0.4) is 0 Å². The van der Waals surface area contributed by atoms with Crippen molar-refractivity contribution in [3.63, 3.8) is 0 Å². The van der Waals surface area contributed by atoms with Crippen LogP contribution < -0.4 is 4.31 Å². The molecule has 3 aromatic rings. The van der Waals surface area contributed by atoms with Gasteiger partial charge in [-0.1, -0.05) is 59.1 Å². The predicted octanol–water partition coefficient (Wildman–Crippen LogP) is 5.83. The van der Waals surface area contributed by atoms with Crippen LogP contribution in [0.5, 0.6) is 0 Å². The number of sulfonamides is 1. The second-order valence-corrected chi connectivity index (χ2v) is 9.42. The molecule has 0 amide bonds. The van der Waals surface area contributed by atoms with Crippen LogP contribution in [0.2, 0.25) is 15.1 Å². The van der Waals surface area contributed by atoms with Crippen molar-refractivity contribution in [1.82, 2.24) is 0 Å². The molecule has 0 unspecified atom stereocenters. The molecule has 0 aliphatic carbocycles. The number of para-hydroxylation sites is 1. The fourth-order valence-corrected chi connectivity index (χ4v) is 4.57. The zero-order chi connectivity index (χ0) is 21.9. The Labute approximate surface area is 189 Å². The smallest absolute Gasteiger partial charge is 0.340 e. The zero-order valence-corrected chi connectivity index (χ0v) is 18.8. The number of anilines is 1. The predicted molar refractivity (Wildman–Crippen MR) is 119 cm³/mol. The minimum absolute atomic E-state index is 0.0616. The number of halogens is 3. The first kappa shape index (κ1) is 22.4. The Morgan fingerprint density at radius 2 is 1.53 bits per heavy atom. The van der Waals surface area contributed by atoms with Gasteiger partial charge in [-0.15, -0.1) is 0 Å². The minimum atomic E-state index is -3.92. The van der Waals surface area contributed by atoms with E-state index in [1.807, 2.05) is 0 Å². The lowest BCUT2D eigenvalue weighted by Gasteiger charge is -2.20. The fraction of sp³-hybridized carbons (Fsp3) is 0.0952. The van der Waals surface area contributed by atoms with E-state index in [-0.39, 0.29) is 22.1 Å². The lowest BCUT2D eigenvalue weighted by molar-refractivity contribution is 0.0473. The maximum atomic E-state index is 13.0. The highest BCUT2D eigenvalue weighted by Crippen LogP contribution is 2.28. The molecule has 156 valence electrons. The monoisotopic (exact) mass is 483 g/mol. The Morgan fingerprint density at radius 1 is 0.900 bits per heavy atom. The number of hydrogen-bond donors (Lipinski definition) is 0. The first-order valence-corrected chi connectivity index (χ1v) is 11.2. The molecule has 0 atom stereocenters. The Kier molecular flexibility index (Phi) is 6.93. The molecule has 3 rings (SSSR count). The van der Waals surface area contributed by atoms with Gasteiger partial charge in [-0.2, -0.15) is 0 Å². The van der Waals surface area contributed by atoms with Crippen molar-refractivity contribution >= 4 is 56.5 Å². The number of rotatable bonds is 6. The molecule has 3 aromatic carbocycles. The van der Waals surface area contributed by atoms with Gasteiger partial charge in [0, 0.05) is 22.7 Å². The third-order valence-corrected chi connectivity index (χ3v) is 7.16. The Morgan fingerprint density at radius 3 is 2.17 bits per heavy atom. The summed E-state index contributed by atoms with van der Waals surface area (Å²) in [6.45, 7) is -0.186. The summed E-state index contributed by atoms with van der Waals surface area (Å²) in [5.41, 5.74) is 0.838. The average molecular weight is 485 g/mol. The molecule has 5 nitrogen and oxygen atoms in total. The summed E-state index contributed by atoms with van der Waals surface area (Å²) in [7, 11) is -2.49. The molecule has 0 saturated carbocycles. The van der Waals surface area contributed by atoms with E-state index in [0.29, 0.717) is 21.3 Å². The molecule has 30 heavy (non-hydrogen) atoms. The Hall–Kier alpha value is -2.25. The summed E-state index contributed by atoms with van der Waals surface area (Å²) >= 11 is 18.3. The van der Waals surface area contributed by atoms with E-state index in [1.165, 1.54) is 25.2 Å². The molecule has 0 spiro atoms. The molecule has 0 bridgehead atoms. The summed E-state index contributed by atoms with van der Waals surface area (Å²) in [5.74, 6) is -0.796. The SMILES string of the molecule is CN(c1ccccc1)S(=O)(=O)c1ccc(Cl)c(C(=O)OCc2c(Cl)cccc2Cl)c1. The van der Waals surface area contributed by atoms with Crippen LogP contribution in [0.4, 0.5) is 5.69 Å². The second-order valence-electron chi connectivity index (χ2n) is 6.23. The van der Waals surface area contributed by atoms with Crippen molar-refractivity contribution in [3.05, 3.63) is 92.9 Å². The van der Waals surface area contributed by atoms with E-state index >= 15 is 0 Å². The third kappa shape index (κ3) is 4.73. The van der Waals surface area contributed by atoms with Crippen molar-refractivity contribution in [2.24, 2.45) is 0 Å². The van der Waals surface area contributed by atoms with E-state index in [1.54, 1.807) is 48.5 Å². The lowest BCUT2D eigenvalue weighted by Crippen LogP contribution is -2.26. The van der Waals surface area contributed by atoms with E-state index in [0.717, 1.165) is 4.31 Å². The van der Waals surface area contributed by atoms with Crippen molar-refractivity contribution in [2.45, 2.75) is 11.5 Å². The van der Waals surface area contributed by atoms with Gasteiger partial charge in [-0.05, 0) is 42.5 Å². The van der Waals surface area contributed by atoms with Crippen LogP contribution in [0.1, 0.15) is 15.9 Å². The molecule has 0 heterocycles. The Bertz CT molecular complexity index is 1160. The van der Waals surface area contributed by atoms with Gasteiger partial charge in [0.25, 0.3) is 10.0 Å². The number of nitrogens with zero attached hydrogens (tertiary/aromatic N) is 1. The van der Waals surface area contributed by atoms with Crippen LogP contribution >= 0.6 is 34.8 Å². The third-order valence-electron chi connectivity index (χ3n) is 4.35. The van der Waals surface area contributed by atoms with E-state index in [9.17, 15) is 13.2 Å². The van der Waals surface area contributed by atoms with Crippen LogP contribution in [0.15, 0.2) is 71.6 Å². The fourth-order valence-electron chi connectivity index (χ4n) is 2.64. The highest BCUT2D eigenvalue weighted by Gasteiger charge is 2.24. The minimum Gasteiger partial charge on any atom is -0.457 e. The van der Waals surface area contributed by atoms with Crippen molar-refractivity contribution < 1.29 is 17.9 Å². The molecule has 0 fully saturated rings. The summed E-state index contributed by atoms with van der Waals surface area (Å²) < 4.78 is 32.4. The number of ether oxygens (including phenoxy) is 1. The molecule has 0 aliphatic heterocycles. The van der Waals surface area contributed by atoms with Gasteiger partial charge in [0.1, 0.15) is 6.61 Å². The summed E-state index contributed by atoms with van der Waals surface area (Å²) in [6, 6.07) is 17.3. The van der Waals surface area contributed by atoms with Gasteiger partial charge in [-0.3, -0.25) is 4.31 Å². The van der Waals surface area contributed by atoms with Crippen molar-refractivity contribution in [2.75, 3.05) is 11.4 Å². The lowest BCUT2D eigenvalue weighted by atomic mass is 10.2. The standard InChI is InChI=1S/C21H16Cl3NO4S/c1-25(14-6-3-2-4-7-14)30(27,28)15-10-11-20(24)16(12-15)21(26)29-13-17-18(22)8-5-9-19(17)23/h2-12H,13H2,1H3. The number of benzene rings is 3. The van der Waals surface area contributed by atoms with Crippen LogP contribution in [-0.4, -0.2) is 21.4 Å². The maximum Gasteiger partial charge on any atom is 0.340 e. The molecular formula is C21H16Cl3NO4S. The molecule has 9 heteroatoms. The van der Waals surface area contributed by atoms with Gasteiger partial charge in [0.15, 0.2) is 0 Å². The van der Waals surface area contributed by atoms with E-state index in [4.69, 9.17) is 39.5 Å². The van der Waals surface area contributed by atoms with Crippen LogP contribution in [0.25, 0.3) is 0 Å². The van der Waals surface area contributed by atoms with Gasteiger partial charge in [0.2, 0.25) is 0 Å². The average Bonchev–Trinajstić information content (AvgIpc) is 2.73. The van der Waals surface area contributed by atoms with Crippen LogP contribution in [-0.2, 0) is 21.4 Å². The number of carbonyl (C=O) groups excluding carboxylic acids is 1. The number of carbonyl (C=O) groups is 1. The normalized spacial score (nSPS) is 11.2. The topological polar surface area (TPSA) is 63.7 Å². The van der Waals surface area contributed by atoms with Gasteiger partial charge < -0.3 is 4.74 Å². The number of esters is 1. The molecule has 0 aromatic heterocycles. The summed E-state index contributed by atoms with van der Waals surface area (Å²) in [4.78, 5) is 12.5. The molecular weight excluding hydrogens is 469 g/mol. The zero-order valence-electron chi connectivity index (χ0n) is 15.7. The first-order valence-electron chi connectivity index (χ1n) is 8.65. The van der Waals surface area contributed by atoms with E-state index < -0.39 is 16.0 Å². The van der Waals surface area contributed by atoms with Crippen LogP contribution in [0, 0.1) is 0 Å². The molecule has 0 radical (unpaired) electrons. The molecule has 0 aliphatic rings. The van der Waals surface area contributed by atoms with E-state index in [2.05, 4.69) is 0 Å². The first-order chi connectivity index (χ1) is 14.2. The summed E-state index contributed by atoms with van der Waals surface area (Å²) in [5, 5.41) is 0.760. The highest BCUT2D eigenvalue weighted by molar-refractivity contribution is 7.92.